The molecule has 1 aliphatic heterocycles. The zero-order valence-electron chi connectivity index (χ0n) is 20.2. The second-order valence-corrected chi connectivity index (χ2v) is 10.3. The van der Waals surface area contributed by atoms with Gasteiger partial charge in [0.1, 0.15) is 4.90 Å². The maximum atomic E-state index is 13.0. The summed E-state index contributed by atoms with van der Waals surface area (Å²) < 4.78 is 28.8. The standard InChI is InChI=1S/C27H29N5O3S/c1-3-21(13-15-28-2)20-31-16-18-32(19-17-31)27(33)23-9-11-24(12-10-23)30-36(34,35)25-8-4-6-22-7-5-14-29-26(22)25/h1,4-9,11,13-15,30H,10,12,16-20H2,2H3. The average Bonchev–Trinajstić information content (AvgIpc) is 2.91. The van der Waals surface area contributed by atoms with Crippen molar-refractivity contribution in [3.05, 3.63) is 71.6 Å². The molecule has 0 atom stereocenters. The number of hydrogen-bond acceptors (Lipinski definition) is 6. The van der Waals surface area contributed by atoms with Crippen molar-refractivity contribution >= 4 is 33.0 Å². The Kier molecular flexibility index (Phi) is 7.98. The Morgan fingerprint density at radius 1 is 1.17 bits per heavy atom. The quantitative estimate of drug-likeness (QED) is 0.463. The Morgan fingerprint density at radius 3 is 2.64 bits per heavy atom. The lowest BCUT2D eigenvalue weighted by molar-refractivity contribution is -0.128. The van der Waals surface area contributed by atoms with Crippen molar-refractivity contribution < 1.29 is 13.2 Å². The molecule has 2 aliphatic rings. The second-order valence-electron chi connectivity index (χ2n) is 8.63. The lowest BCUT2D eigenvalue weighted by Crippen LogP contribution is -2.49. The minimum Gasteiger partial charge on any atom is -0.336 e. The fraction of sp³-hybridized carbons (Fsp3) is 0.296. The van der Waals surface area contributed by atoms with Crippen LogP contribution in [0.5, 0.6) is 0 Å². The number of aliphatic imine (C=N–C) groups is 1. The average molecular weight is 504 g/mol. The van der Waals surface area contributed by atoms with E-state index >= 15 is 0 Å². The number of para-hydroxylation sites is 1. The highest BCUT2D eigenvalue weighted by atomic mass is 32.2. The van der Waals surface area contributed by atoms with Crippen molar-refractivity contribution in [1.29, 1.82) is 0 Å². The van der Waals surface area contributed by atoms with Crippen LogP contribution in [0.2, 0.25) is 0 Å². The molecular weight excluding hydrogens is 474 g/mol. The summed E-state index contributed by atoms with van der Waals surface area (Å²) in [6.07, 6.45) is 15.0. The molecule has 0 saturated carbocycles. The molecule has 1 fully saturated rings. The summed E-state index contributed by atoms with van der Waals surface area (Å²) in [5.41, 5.74) is 2.52. The van der Waals surface area contributed by atoms with Crippen LogP contribution in [0.25, 0.3) is 10.9 Å². The third-order valence-corrected chi connectivity index (χ3v) is 7.68. The monoisotopic (exact) mass is 503 g/mol. The molecule has 8 nitrogen and oxygen atoms in total. The van der Waals surface area contributed by atoms with Gasteiger partial charge in [0.15, 0.2) is 0 Å². The van der Waals surface area contributed by atoms with E-state index in [9.17, 15) is 13.2 Å². The minimum atomic E-state index is -3.81. The van der Waals surface area contributed by atoms with Gasteiger partial charge in [-0.05, 0) is 37.1 Å². The Morgan fingerprint density at radius 2 is 1.94 bits per heavy atom. The predicted molar refractivity (Wildman–Crippen MR) is 142 cm³/mol. The van der Waals surface area contributed by atoms with Gasteiger partial charge in [-0.1, -0.05) is 30.2 Å². The molecule has 1 aromatic carbocycles. The van der Waals surface area contributed by atoms with Crippen LogP contribution in [0.1, 0.15) is 12.8 Å². The van der Waals surface area contributed by atoms with Gasteiger partial charge in [-0.3, -0.25) is 24.4 Å². The number of hydrogen-bond donors (Lipinski definition) is 1. The van der Waals surface area contributed by atoms with Crippen molar-refractivity contribution in [2.45, 2.75) is 17.7 Å². The zero-order chi connectivity index (χ0) is 25.5. The Hall–Kier alpha value is -3.74. The first-order valence-electron chi connectivity index (χ1n) is 11.8. The number of rotatable bonds is 7. The van der Waals surface area contributed by atoms with Crippen LogP contribution in [0.3, 0.4) is 0 Å². The number of amides is 1. The number of aromatic nitrogens is 1. The molecule has 186 valence electrons. The Labute approximate surface area is 212 Å². The maximum Gasteiger partial charge on any atom is 0.263 e. The number of nitrogens with zero attached hydrogens (tertiary/aromatic N) is 4. The highest BCUT2D eigenvalue weighted by Crippen LogP contribution is 2.24. The maximum absolute atomic E-state index is 13.0. The molecule has 0 spiro atoms. The van der Waals surface area contributed by atoms with E-state index in [-0.39, 0.29) is 10.8 Å². The number of terminal acetylenes is 1. The van der Waals surface area contributed by atoms with Crippen LogP contribution in [0.15, 0.2) is 81.5 Å². The number of carbonyl (C=O) groups excluding carboxylic acids is 1. The van der Waals surface area contributed by atoms with Crippen molar-refractivity contribution in [2.75, 3.05) is 39.8 Å². The number of sulfonamides is 1. The number of nitrogens with one attached hydrogen (secondary N) is 1. The van der Waals surface area contributed by atoms with Gasteiger partial charge in [-0.2, -0.15) is 0 Å². The van der Waals surface area contributed by atoms with Crippen LogP contribution < -0.4 is 4.72 Å². The Balaban J connectivity index is 1.37. The highest BCUT2D eigenvalue weighted by Gasteiger charge is 2.26. The molecule has 4 rings (SSSR count). The SMILES string of the molecule is C#CC(=CC=NC)CN1CCN(C(=O)C2=CC=C(NS(=O)(=O)c3cccc4cccnc34)CC2)CC1. The van der Waals surface area contributed by atoms with Crippen LogP contribution in [0, 0.1) is 12.3 Å². The van der Waals surface area contributed by atoms with Crippen LogP contribution in [-0.4, -0.2) is 75.1 Å². The first-order valence-corrected chi connectivity index (χ1v) is 13.3. The number of fused-ring (bicyclic) bond motifs is 1. The molecule has 0 radical (unpaired) electrons. The van der Waals surface area contributed by atoms with Gasteiger partial charge in [0.05, 0.1) is 5.52 Å². The molecule has 36 heavy (non-hydrogen) atoms. The number of benzene rings is 1. The van der Waals surface area contributed by atoms with Crippen molar-refractivity contribution in [1.82, 2.24) is 19.5 Å². The number of pyridine rings is 1. The van der Waals surface area contributed by atoms with Crippen molar-refractivity contribution in [3.63, 3.8) is 0 Å². The molecule has 2 aromatic rings. The molecule has 9 heteroatoms. The summed E-state index contributed by atoms with van der Waals surface area (Å²) in [5, 5.41) is 0.757. The van der Waals surface area contributed by atoms with E-state index in [1.54, 1.807) is 49.8 Å². The van der Waals surface area contributed by atoms with E-state index in [4.69, 9.17) is 6.42 Å². The fourth-order valence-electron chi connectivity index (χ4n) is 4.29. The van der Waals surface area contributed by atoms with Gasteiger partial charge >= 0.3 is 0 Å². The lowest BCUT2D eigenvalue weighted by Gasteiger charge is -2.35. The lowest BCUT2D eigenvalue weighted by atomic mass is 10.0. The molecule has 1 saturated heterocycles. The van der Waals surface area contributed by atoms with E-state index in [1.165, 1.54) is 0 Å². The summed E-state index contributed by atoms with van der Waals surface area (Å²) in [6, 6.07) is 8.67. The molecule has 1 amide bonds. The molecule has 1 N–H and O–H groups in total. The van der Waals surface area contributed by atoms with Crippen LogP contribution in [0.4, 0.5) is 0 Å². The van der Waals surface area contributed by atoms with Gasteiger partial charge in [-0.25, -0.2) is 8.42 Å². The van der Waals surface area contributed by atoms with Gasteiger partial charge in [0.2, 0.25) is 5.91 Å². The summed E-state index contributed by atoms with van der Waals surface area (Å²) in [6.45, 7) is 3.37. The molecule has 2 heterocycles. The second kappa shape index (κ2) is 11.3. The predicted octanol–water partition coefficient (Wildman–Crippen LogP) is 2.52. The van der Waals surface area contributed by atoms with Crippen molar-refractivity contribution in [3.8, 4) is 12.3 Å². The summed E-state index contributed by atoms with van der Waals surface area (Å²) in [7, 11) is -2.11. The third-order valence-electron chi connectivity index (χ3n) is 6.24. The van der Waals surface area contributed by atoms with E-state index < -0.39 is 10.0 Å². The first kappa shape index (κ1) is 25.4. The summed E-state index contributed by atoms with van der Waals surface area (Å²) in [5.74, 6) is 2.69. The molecule has 0 bridgehead atoms. The molecule has 0 unspecified atom stereocenters. The number of allylic oxidation sites excluding steroid dienone is 4. The van der Waals surface area contributed by atoms with E-state index in [1.807, 2.05) is 23.1 Å². The fourth-order valence-corrected chi connectivity index (χ4v) is 5.59. The molecular formula is C27H29N5O3S. The zero-order valence-corrected chi connectivity index (χ0v) is 21.0. The first-order chi connectivity index (χ1) is 17.4. The van der Waals surface area contributed by atoms with E-state index in [0.29, 0.717) is 49.3 Å². The summed E-state index contributed by atoms with van der Waals surface area (Å²) in [4.78, 5) is 25.4. The smallest absolute Gasteiger partial charge is 0.263 e. The third kappa shape index (κ3) is 5.90. The highest BCUT2D eigenvalue weighted by molar-refractivity contribution is 7.89. The van der Waals surface area contributed by atoms with E-state index in [2.05, 4.69) is 25.5 Å². The van der Waals surface area contributed by atoms with Gasteiger partial charge in [0.25, 0.3) is 10.0 Å². The van der Waals surface area contributed by atoms with Crippen LogP contribution in [-0.2, 0) is 14.8 Å². The van der Waals surface area contributed by atoms with Gasteiger partial charge in [-0.15, -0.1) is 6.42 Å². The molecule has 1 aromatic heterocycles. The van der Waals surface area contributed by atoms with Gasteiger partial charge in [0, 0.05) is 74.4 Å². The normalized spacial score (nSPS) is 17.6. The van der Waals surface area contributed by atoms with Gasteiger partial charge < -0.3 is 4.90 Å². The van der Waals surface area contributed by atoms with Crippen molar-refractivity contribution in [2.24, 2.45) is 4.99 Å². The van der Waals surface area contributed by atoms with Crippen LogP contribution >= 0.6 is 0 Å². The largest absolute Gasteiger partial charge is 0.336 e. The number of piperazine rings is 1. The number of carbonyl (C=O) groups is 1. The van der Waals surface area contributed by atoms with E-state index in [0.717, 1.165) is 24.0 Å². The minimum absolute atomic E-state index is 0.00288. The summed E-state index contributed by atoms with van der Waals surface area (Å²) >= 11 is 0. The topological polar surface area (TPSA) is 95.0 Å². The molecule has 1 aliphatic carbocycles. The Bertz CT molecular complexity index is 1400.